The van der Waals surface area contributed by atoms with Gasteiger partial charge in [-0.05, 0) is 33.6 Å². The number of nitrogens with zero attached hydrogens (tertiary/aromatic N) is 1. The van der Waals surface area contributed by atoms with E-state index in [4.69, 9.17) is 14.0 Å². The molecule has 1 fully saturated rings. The van der Waals surface area contributed by atoms with Crippen LogP contribution in [-0.4, -0.2) is 30.4 Å². The highest BCUT2D eigenvalue weighted by Crippen LogP contribution is 2.37. The molecule has 4 nitrogen and oxygen atoms in total. The molecule has 0 radical (unpaired) electrons. The van der Waals surface area contributed by atoms with Gasteiger partial charge in [0.2, 0.25) is 0 Å². The van der Waals surface area contributed by atoms with E-state index in [1.807, 2.05) is 33.9 Å². The molecule has 0 saturated carbocycles. The molecule has 0 unspecified atom stereocenters. The SMILES string of the molecule is COc1c(B2OC(C)(C)C(C)(C)O2)cncc1C(C)C. The van der Waals surface area contributed by atoms with Crippen LogP contribution in [0.1, 0.15) is 53.0 Å². The summed E-state index contributed by atoms with van der Waals surface area (Å²) in [5.74, 6) is 1.15. The lowest BCUT2D eigenvalue weighted by Crippen LogP contribution is -2.41. The first-order valence-corrected chi connectivity index (χ1v) is 7.07. The van der Waals surface area contributed by atoms with Crippen LogP contribution in [0.3, 0.4) is 0 Å². The van der Waals surface area contributed by atoms with E-state index < -0.39 is 7.12 Å². The molecule has 1 aliphatic heterocycles. The summed E-state index contributed by atoms with van der Waals surface area (Å²) in [7, 11) is 1.23. The maximum absolute atomic E-state index is 6.09. The smallest absolute Gasteiger partial charge is 0.497 e. The van der Waals surface area contributed by atoms with E-state index in [2.05, 4.69) is 18.8 Å². The first kappa shape index (κ1) is 15.3. The van der Waals surface area contributed by atoms with Crippen LogP contribution in [-0.2, 0) is 9.31 Å². The summed E-state index contributed by atoms with van der Waals surface area (Å²) in [5.41, 5.74) is 1.20. The second kappa shape index (κ2) is 5.04. The maximum Gasteiger partial charge on any atom is 0.500 e. The van der Waals surface area contributed by atoms with Gasteiger partial charge >= 0.3 is 7.12 Å². The van der Waals surface area contributed by atoms with Crippen molar-refractivity contribution >= 4 is 12.6 Å². The molecule has 2 heterocycles. The summed E-state index contributed by atoms with van der Waals surface area (Å²) >= 11 is 0. The molecule has 0 aromatic carbocycles. The predicted molar refractivity (Wildman–Crippen MR) is 80.6 cm³/mol. The van der Waals surface area contributed by atoms with Crippen molar-refractivity contribution in [1.82, 2.24) is 4.98 Å². The fourth-order valence-electron chi connectivity index (χ4n) is 2.27. The lowest BCUT2D eigenvalue weighted by atomic mass is 9.78. The normalized spacial score (nSPS) is 20.5. The van der Waals surface area contributed by atoms with Gasteiger partial charge in [-0.1, -0.05) is 13.8 Å². The van der Waals surface area contributed by atoms with Gasteiger partial charge in [0.1, 0.15) is 5.75 Å². The van der Waals surface area contributed by atoms with Crippen LogP contribution >= 0.6 is 0 Å². The molecule has 0 aliphatic carbocycles. The van der Waals surface area contributed by atoms with E-state index in [0.29, 0.717) is 5.92 Å². The minimum Gasteiger partial charge on any atom is -0.497 e. The van der Waals surface area contributed by atoms with E-state index in [-0.39, 0.29) is 11.2 Å². The van der Waals surface area contributed by atoms with Crippen molar-refractivity contribution < 1.29 is 14.0 Å². The highest BCUT2D eigenvalue weighted by atomic mass is 16.7. The standard InChI is InChI=1S/C15H24BNO3/c1-10(2)11-8-17-9-12(13(11)18-7)16-19-14(3,4)15(5,6)20-16/h8-10H,1-7H3. The number of pyridine rings is 1. The Hall–Kier alpha value is -1.07. The van der Waals surface area contributed by atoms with Crippen molar-refractivity contribution in [1.29, 1.82) is 0 Å². The number of aromatic nitrogens is 1. The molecule has 0 spiro atoms. The molecule has 5 heteroatoms. The maximum atomic E-state index is 6.09. The van der Waals surface area contributed by atoms with Gasteiger partial charge < -0.3 is 14.0 Å². The third-order valence-corrected chi connectivity index (χ3v) is 4.28. The first-order valence-electron chi connectivity index (χ1n) is 7.07. The molecule has 1 aromatic rings. The minimum atomic E-state index is -0.443. The highest BCUT2D eigenvalue weighted by molar-refractivity contribution is 6.63. The average Bonchev–Trinajstić information content (AvgIpc) is 2.57. The van der Waals surface area contributed by atoms with E-state index in [9.17, 15) is 0 Å². The Morgan fingerprint density at radius 1 is 1.10 bits per heavy atom. The summed E-state index contributed by atoms with van der Waals surface area (Å²) in [5, 5.41) is 0. The molecule has 110 valence electrons. The Balaban J connectivity index is 2.43. The summed E-state index contributed by atoms with van der Waals surface area (Å²) in [4.78, 5) is 4.31. The largest absolute Gasteiger partial charge is 0.500 e. The molecule has 0 N–H and O–H groups in total. The molecule has 0 amide bonds. The minimum absolute atomic E-state index is 0.333. The number of hydrogen-bond acceptors (Lipinski definition) is 4. The molecule has 1 aliphatic rings. The van der Waals surface area contributed by atoms with Gasteiger partial charge in [-0.15, -0.1) is 0 Å². The number of rotatable bonds is 3. The highest BCUT2D eigenvalue weighted by Gasteiger charge is 2.52. The topological polar surface area (TPSA) is 40.6 Å². The molecular formula is C15H24BNO3. The van der Waals surface area contributed by atoms with Crippen LogP contribution in [0.25, 0.3) is 0 Å². The molecule has 0 bridgehead atoms. The van der Waals surface area contributed by atoms with Gasteiger partial charge in [0, 0.05) is 23.4 Å². The second-order valence-corrected chi connectivity index (χ2v) is 6.59. The molecule has 20 heavy (non-hydrogen) atoms. The Bertz CT molecular complexity index is 484. The Morgan fingerprint density at radius 2 is 1.65 bits per heavy atom. The van der Waals surface area contributed by atoms with Crippen molar-refractivity contribution in [2.75, 3.05) is 7.11 Å². The first-order chi connectivity index (χ1) is 9.19. The van der Waals surface area contributed by atoms with E-state index >= 15 is 0 Å². The van der Waals surface area contributed by atoms with Gasteiger partial charge in [0.25, 0.3) is 0 Å². The summed E-state index contributed by atoms with van der Waals surface area (Å²) < 4.78 is 17.8. The summed E-state index contributed by atoms with van der Waals surface area (Å²) in [6.45, 7) is 12.4. The van der Waals surface area contributed by atoms with Gasteiger partial charge in [-0.3, -0.25) is 4.98 Å². The molecule has 0 atom stereocenters. The van der Waals surface area contributed by atoms with Crippen molar-refractivity contribution in [2.45, 2.75) is 58.7 Å². The molecule has 1 saturated heterocycles. The van der Waals surface area contributed by atoms with Crippen molar-refractivity contribution in [3.63, 3.8) is 0 Å². The van der Waals surface area contributed by atoms with Gasteiger partial charge in [0.15, 0.2) is 0 Å². The average molecular weight is 277 g/mol. The van der Waals surface area contributed by atoms with E-state index in [1.54, 1.807) is 13.3 Å². The number of ether oxygens (including phenoxy) is 1. The van der Waals surface area contributed by atoms with Crippen molar-refractivity contribution in [2.24, 2.45) is 0 Å². The fourth-order valence-corrected chi connectivity index (χ4v) is 2.27. The monoisotopic (exact) mass is 277 g/mol. The zero-order chi connectivity index (χ0) is 15.1. The lowest BCUT2D eigenvalue weighted by molar-refractivity contribution is 0.00578. The zero-order valence-corrected chi connectivity index (χ0v) is 13.5. The molecule has 1 aromatic heterocycles. The van der Waals surface area contributed by atoms with Gasteiger partial charge in [-0.2, -0.15) is 0 Å². The van der Waals surface area contributed by atoms with Crippen LogP contribution in [0, 0.1) is 0 Å². The van der Waals surface area contributed by atoms with E-state index in [1.165, 1.54) is 0 Å². The van der Waals surface area contributed by atoms with Crippen LogP contribution < -0.4 is 10.2 Å². The predicted octanol–water partition coefficient (Wildman–Crippen LogP) is 2.51. The Kier molecular flexibility index (Phi) is 3.86. The van der Waals surface area contributed by atoms with Gasteiger partial charge in [-0.25, -0.2) is 0 Å². The van der Waals surface area contributed by atoms with Crippen LogP contribution in [0.15, 0.2) is 12.4 Å². The number of hydrogen-bond donors (Lipinski definition) is 0. The summed E-state index contributed by atoms with van der Waals surface area (Å²) in [6.07, 6.45) is 3.62. The Morgan fingerprint density at radius 3 is 2.10 bits per heavy atom. The third kappa shape index (κ3) is 2.45. The van der Waals surface area contributed by atoms with E-state index in [0.717, 1.165) is 16.8 Å². The quantitative estimate of drug-likeness (QED) is 0.796. The Labute approximate surface area is 122 Å². The van der Waals surface area contributed by atoms with Crippen LogP contribution in [0.2, 0.25) is 0 Å². The van der Waals surface area contributed by atoms with Crippen molar-refractivity contribution in [3.05, 3.63) is 18.0 Å². The number of methoxy groups -OCH3 is 1. The zero-order valence-electron chi connectivity index (χ0n) is 13.5. The van der Waals surface area contributed by atoms with Gasteiger partial charge in [0.05, 0.1) is 18.3 Å². The third-order valence-electron chi connectivity index (χ3n) is 4.28. The van der Waals surface area contributed by atoms with Crippen molar-refractivity contribution in [3.8, 4) is 5.75 Å². The second-order valence-electron chi connectivity index (χ2n) is 6.59. The fraction of sp³-hybridized carbons (Fsp3) is 0.667. The van der Waals surface area contributed by atoms with Crippen LogP contribution in [0.4, 0.5) is 0 Å². The molecular weight excluding hydrogens is 253 g/mol. The molecule has 2 rings (SSSR count). The van der Waals surface area contributed by atoms with Crippen LogP contribution in [0.5, 0.6) is 5.75 Å². The lowest BCUT2D eigenvalue weighted by Gasteiger charge is -2.32. The summed E-state index contributed by atoms with van der Waals surface area (Å²) in [6, 6.07) is 0.